The van der Waals surface area contributed by atoms with E-state index in [2.05, 4.69) is 208 Å². The van der Waals surface area contributed by atoms with Gasteiger partial charge in [0.15, 0.2) is 0 Å². The largest absolute Gasteiger partial charge is 0.0447 e. The molecule has 66 heavy (non-hydrogen) atoms. The maximum atomic E-state index is 2.34. The smallest absolute Gasteiger partial charge is 0.0114 e. The van der Waals surface area contributed by atoms with E-state index in [1.807, 2.05) is 0 Å². The molecule has 0 amide bonds. The molecule has 354 valence electrons. The minimum absolute atomic E-state index is 1.42. The van der Waals surface area contributed by atoms with E-state index in [4.69, 9.17) is 0 Å². The molecule has 0 atom stereocenters. The van der Waals surface area contributed by atoms with Crippen molar-refractivity contribution >= 4 is 0 Å². The van der Waals surface area contributed by atoms with Crippen LogP contribution in [0.15, 0.2) is 0 Å². The van der Waals surface area contributed by atoms with E-state index >= 15 is 0 Å². The second-order valence-electron chi connectivity index (χ2n) is 21.0. The van der Waals surface area contributed by atoms with Crippen LogP contribution in [0.5, 0.6) is 0 Å². The average molecular weight is 883 g/mol. The van der Waals surface area contributed by atoms with Gasteiger partial charge in [-0.25, -0.2) is 0 Å². The molecule has 0 unspecified atom stereocenters. The quantitative estimate of drug-likeness (QED) is 0.166. The van der Waals surface area contributed by atoms with Crippen molar-refractivity contribution < 1.29 is 0 Å². The van der Waals surface area contributed by atoms with Crippen LogP contribution in [0.1, 0.15) is 167 Å². The van der Waals surface area contributed by atoms with E-state index in [1.165, 1.54) is 200 Å². The molecule has 0 saturated carbocycles. The zero-order valence-electron chi connectivity index (χ0n) is 48.0. The minimum atomic E-state index is 1.42. The predicted molar refractivity (Wildman–Crippen MR) is 298 cm³/mol. The topological polar surface area (TPSA) is 0 Å². The lowest BCUT2D eigenvalue weighted by Gasteiger charge is -2.28. The van der Waals surface area contributed by atoms with Crippen LogP contribution in [-0.2, 0) is 0 Å². The summed E-state index contributed by atoms with van der Waals surface area (Å²) in [5.41, 5.74) is 51.8. The molecule has 6 rings (SSSR count). The second kappa shape index (κ2) is 19.9. The van der Waals surface area contributed by atoms with Crippen molar-refractivity contribution in [3.63, 3.8) is 0 Å². The van der Waals surface area contributed by atoms with Crippen molar-refractivity contribution in [2.45, 2.75) is 208 Å². The highest BCUT2D eigenvalue weighted by atomic mass is 14.3. The Morgan fingerprint density at radius 1 is 0.0758 bits per heavy atom. The van der Waals surface area contributed by atoms with Gasteiger partial charge in [-0.3, -0.25) is 0 Å². The van der Waals surface area contributed by atoms with E-state index < -0.39 is 0 Å². The van der Waals surface area contributed by atoms with Gasteiger partial charge in [0.05, 0.1) is 0 Å². The van der Waals surface area contributed by atoms with Gasteiger partial charge in [0.2, 0.25) is 0 Å². The maximum absolute atomic E-state index is 2.34. The third-order valence-corrected chi connectivity index (χ3v) is 18.8. The highest BCUT2D eigenvalue weighted by Gasteiger charge is 2.25. The lowest BCUT2D eigenvalue weighted by atomic mass is 9.76. The van der Waals surface area contributed by atoms with Gasteiger partial charge < -0.3 is 0 Å². The summed E-state index contributed by atoms with van der Waals surface area (Å²) >= 11 is 0. The van der Waals surface area contributed by atoms with Gasteiger partial charge in [0.1, 0.15) is 0 Å². The normalized spacial score (nSPS) is 11.2. The fourth-order valence-electron chi connectivity index (χ4n) is 11.2. The Labute approximate surface area is 406 Å². The van der Waals surface area contributed by atoms with Gasteiger partial charge in [-0.05, 0) is 408 Å². The molecular formula is C66H90. The van der Waals surface area contributed by atoms with Gasteiger partial charge in [0.25, 0.3) is 0 Å². The maximum Gasteiger partial charge on any atom is -0.0114 e. The highest BCUT2D eigenvalue weighted by molar-refractivity contribution is 5.89. The van der Waals surface area contributed by atoms with E-state index in [9.17, 15) is 0 Å². The number of hydrogen-bond donors (Lipinski definition) is 0. The third-order valence-electron chi connectivity index (χ3n) is 18.8. The molecule has 0 saturated heterocycles. The SMILES string of the molecule is Cc1c(C)c(C)c(-c2c(C)c(C)c(-c3c(C)c(C)c(C)c(C)c3C)c(C)c2C)c(C)c1C.Cc1c(C)c(C)c(-c2c(C)c(C)c(C)c(C)c2C)c(C)c1C.Cc1c(C)c(C)c(C)c(C)c1C. The van der Waals surface area contributed by atoms with E-state index in [-0.39, 0.29) is 0 Å². The molecule has 0 nitrogen and oxygen atoms in total. The monoisotopic (exact) mass is 883 g/mol. The molecular weight excluding hydrogens is 793 g/mol. The first-order valence-corrected chi connectivity index (χ1v) is 24.8. The van der Waals surface area contributed by atoms with Crippen LogP contribution in [-0.4, -0.2) is 0 Å². The van der Waals surface area contributed by atoms with Gasteiger partial charge in [0, 0.05) is 0 Å². The van der Waals surface area contributed by atoms with Crippen LogP contribution in [0.4, 0.5) is 0 Å². The zero-order chi connectivity index (χ0) is 50.8. The van der Waals surface area contributed by atoms with E-state index in [0.29, 0.717) is 0 Å². The summed E-state index contributed by atoms with van der Waals surface area (Å²) in [6.07, 6.45) is 0. The van der Waals surface area contributed by atoms with E-state index in [1.54, 1.807) is 0 Å². The zero-order valence-corrected chi connectivity index (χ0v) is 48.0. The molecule has 0 aliphatic heterocycles. The Morgan fingerprint density at radius 3 is 0.197 bits per heavy atom. The molecule has 0 aromatic heterocycles. The fraction of sp³-hybridized carbons (Fsp3) is 0.455. The highest BCUT2D eigenvalue weighted by Crippen LogP contribution is 2.46. The summed E-state index contributed by atoms with van der Waals surface area (Å²) in [5.74, 6) is 0. The average Bonchev–Trinajstić information content (AvgIpc) is 3.29. The molecule has 6 aromatic carbocycles. The number of hydrogen-bond acceptors (Lipinski definition) is 0. The summed E-state index contributed by atoms with van der Waals surface area (Å²) < 4.78 is 0. The Kier molecular flexibility index (Phi) is 16.2. The van der Waals surface area contributed by atoms with Crippen molar-refractivity contribution in [2.75, 3.05) is 0 Å². The van der Waals surface area contributed by atoms with Crippen molar-refractivity contribution in [1.82, 2.24) is 0 Å². The van der Waals surface area contributed by atoms with Gasteiger partial charge in [-0.2, -0.15) is 0 Å². The summed E-state index contributed by atoms with van der Waals surface area (Å²) in [7, 11) is 0. The number of rotatable bonds is 3. The molecule has 0 N–H and O–H groups in total. The second-order valence-corrected chi connectivity index (χ2v) is 21.0. The summed E-state index contributed by atoms with van der Waals surface area (Å²) in [6, 6.07) is 0. The molecule has 6 aromatic rings. The van der Waals surface area contributed by atoms with Gasteiger partial charge in [-0.15, -0.1) is 0 Å². The molecule has 0 heteroatoms. The van der Waals surface area contributed by atoms with Gasteiger partial charge in [-0.1, -0.05) is 0 Å². The van der Waals surface area contributed by atoms with Crippen molar-refractivity contribution in [2.24, 2.45) is 0 Å². The summed E-state index contributed by atoms with van der Waals surface area (Å²) in [6.45, 7) is 68.2. The van der Waals surface area contributed by atoms with Crippen LogP contribution in [0.3, 0.4) is 0 Å². The Bertz CT molecular complexity index is 2540. The fourth-order valence-corrected chi connectivity index (χ4v) is 11.2. The van der Waals surface area contributed by atoms with Crippen LogP contribution in [0.25, 0.3) is 33.4 Å². The van der Waals surface area contributed by atoms with Crippen molar-refractivity contribution in [1.29, 1.82) is 0 Å². The lowest BCUT2D eigenvalue weighted by molar-refractivity contribution is 1.13. The van der Waals surface area contributed by atoms with Crippen LogP contribution in [0, 0.1) is 208 Å². The van der Waals surface area contributed by atoms with Crippen molar-refractivity contribution in [3.05, 3.63) is 167 Å². The van der Waals surface area contributed by atoms with Crippen LogP contribution < -0.4 is 0 Å². The summed E-state index contributed by atoms with van der Waals surface area (Å²) in [5, 5.41) is 0. The predicted octanol–water partition coefficient (Wildman–Crippen LogP) is 19.3. The molecule has 0 fully saturated rings. The Hall–Kier alpha value is -4.68. The molecule has 0 bridgehead atoms. The molecule has 0 aliphatic rings. The van der Waals surface area contributed by atoms with Crippen molar-refractivity contribution in [3.8, 4) is 33.4 Å². The standard InChI is InChI=1S/C32H42.C22H30.C12H18/c1-15-17(3)21(7)29(22(8)18(15)4)31-25(11)27(13)32(28(14)26(31)12)30-23(9)19(5)16(2)20(6)24(30)10;1-11-13(3)17(7)21(18(8)14(11)4)22-19(9)15(5)12(2)16(6)20(22)10;1-7-8(2)10(4)12(6)11(5)9(7)3/h1-14H3;1-10H3;1-6H3. The first-order valence-electron chi connectivity index (χ1n) is 24.8. The molecule has 0 spiro atoms. The first-order chi connectivity index (χ1) is 30.3. The lowest BCUT2D eigenvalue weighted by Crippen LogP contribution is -2.07. The number of benzene rings is 6. The third kappa shape index (κ3) is 8.81. The molecule has 0 radical (unpaired) electrons. The molecule has 0 aliphatic carbocycles. The first kappa shape index (κ1) is 53.9. The summed E-state index contributed by atoms with van der Waals surface area (Å²) in [4.78, 5) is 0. The molecule has 0 heterocycles. The Morgan fingerprint density at radius 2 is 0.121 bits per heavy atom. The minimum Gasteiger partial charge on any atom is -0.0447 e. The Balaban J connectivity index is 0.000000241. The van der Waals surface area contributed by atoms with E-state index in [0.717, 1.165) is 0 Å². The van der Waals surface area contributed by atoms with Gasteiger partial charge >= 0.3 is 0 Å². The van der Waals surface area contributed by atoms with Crippen LogP contribution >= 0.6 is 0 Å². The van der Waals surface area contributed by atoms with Crippen LogP contribution in [0.2, 0.25) is 0 Å².